The van der Waals surface area contributed by atoms with Gasteiger partial charge in [0.05, 0.1) is 18.1 Å². The van der Waals surface area contributed by atoms with Gasteiger partial charge >= 0.3 is 6.09 Å². The number of aliphatic hydroxyl groups excluding tert-OH is 1. The summed E-state index contributed by atoms with van der Waals surface area (Å²) in [5.74, 6) is -1.34. The predicted octanol–water partition coefficient (Wildman–Crippen LogP) is 4.95. The minimum absolute atomic E-state index is 0.0387. The van der Waals surface area contributed by atoms with Crippen LogP contribution in [-0.4, -0.2) is 51.7 Å². The first-order valence-electron chi connectivity index (χ1n) is 13.4. The van der Waals surface area contributed by atoms with Gasteiger partial charge in [0.15, 0.2) is 0 Å². The number of anilines is 1. The van der Waals surface area contributed by atoms with Crippen LogP contribution in [0.4, 0.5) is 10.5 Å². The number of hydrogen-bond acceptors (Lipinski definition) is 4. The number of carboxylic acid groups (broad SMARTS) is 1. The van der Waals surface area contributed by atoms with E-state index in [0.29, 0.717) is 5.69 Å². The Morgan fingerprint density at radius 1 is 0.825 bits per heavy atom. The van der Waals surface area contributed by atoms with Crippen molar-refractivity contribution in [2.24, 2.45) is 11.3 Å². The number of nitrogens with zero attached hydrogens (tertiary/aromatic N) is 1. The van der Waals surface area contributed by atoms with Crippen molar-refractivity contribution in [1.82, 2.24) is 10.2 Å². The number of aliphatic hydroxyl groups is 1. The molecular formula is C32H39N3O5. The predicted molar refractivity (Wildman–Crippen MR) is 156 cm³/mol. The van der Waals surface area contributed by atoms with E-state index in [1.165, 1.54) is 4.90 Å². The Hall–Kier alpha value is -4.17. The fourth-order valence-corrected chi connectivity index (χ4v) is 4.59. The SMILES string of the molecule is CC(C)(C)[C@@H](CC(=O)Nc1ccccc1)C(=O)NC[C@@H](O)[C@H](Cc1ccccc1)N(Cc1ccccc1)C(=O)O. The van der Waals surface area contributed by atoms with Gasteiger partial charge in [0.1, 0.15) is 0 Å². The zero-order chi connectivity index (χ0) is 29.1. The standard InChI is InChI=1S/C32H39N3O5/c1-32(2,3)26(20-29(37)34-25-17-11-6-12-18-25)30(38)33-21-28(36)27(19-23-13-7-4-8-14-23)35(31(39)40)22-24-15-9-5-10-16-24/h4-18,26-28,36H,19-22H2,1-3H3,(H,33,38)(H,34,37)(H,39,40)/t26-,27-,28+/m0/s1. The van der Waals surface area contributed by atoms with Crippen molar-refractivity contribution in [3.8, 4) is 0 Å². The highest BCUT2D eigenvalue weighted by molar-refractivity contribution is 5.94. The number of nitrogens with one attached hydrogen (secondary N) is 2. The molecule has 8 heteroatoms. The lowest BCUT2D eigenvalue weighted by Crippen LogP contribution is -2.52. The van der Waals surface area contributed by atoms with Gasteiger partial charge < -0.3 is 20.8 Å². The summed E-state index contributed by atoms with van der Waals surface area (Å²) < 4.78 is 0. The smallest absolute Gasteiger partial charge is 0.407 e. The van der Waals surface area contributed by atoms with Crippen LogP contribution >= 0.6 is 0 Å². The summed E-state index contributed by atoms with van der Waals surface area (Å²) in [6.07, 6.45) is -2.13. The summed E-state index contributed by atoms with van der Waals surface area (Å²) in [7, 11) is 0. The summed E-state index contributed by atoms with van der Waals surface area (Å²) in [5.41, 5.74) is 1.76. The summed E-state index contributed by atoms with van der Waals surface area (Å²) >= 11 is 0. The highest BCUT2D eigenvalue weighted by atomic mass is 16.4. The molecule has 3 amide bonds. The molecule has 0 spiro atoms. The maximum absolute atomic E-state index is 13.3. The first-order valence-corrected chi connectivity index (χ1v) is 13.4. The van der Waals surface area contributed by atoms with Crippen LogP contribution in [0.15, 0.2) is 91.0 Å². The van der Waals surface area contributed by atoms with Crippen LogP contribution in [0.3, 0.4) is 0 Å². The number of carbonyl (C=O) groups excluding carboxylic acids is 2. The summed E-state index contributed by atoms with van der Waals surface area (Å²) in [6.45, 7) is 5.57. The number of amides is 3. The first-order chi connectivity index (χ1) is 19.0. The average molecular weight is 546 g/mol. The maximum atomic E-state index is 13.3. The lowest BCUT2D eigenvalue weighted by Gasteiger charge is -2.34. The van der Waals surface area contributed by atoms with Gasteiger partial charge in [-0.3, -0.25) is 14.5 Å². The fourth-order valence-electron chi connectivity index (χ4n) is 4.59. The molecule has 0 heterocycles. The van der Waals surface area contributed by atoms with Crippen molar-refractivity contribution in [1.29, 1.82) is 0 Å². The highest BCUT2D eigenvalue weighted by Gasteiger charge is 2.35. The molecule has 0 aliphatic rings. The van der Waals surface area contributed by atoms with Gasteiger partial charge in [-0.2, -0.15) is 0 Å². The zero-order valence-corrected chi connectivity index (χ0v) is 23.3. The molecule has 0 aromatic heterocycles. The largest absolute Gasteiger partial charge is 0.465 e. The van der Waals surface area contributed by atoms with Gasteiger partial charge in [-0.25, -0.2) is 4.79 Å². The Bertz CT molecular complexity index is 1230. The fraction of sp³-hybridized carbons (Fsp3) is 0.344. The Balaban J connectivity index is 1.74. The van der Waals surface area contributed by atoms with E-state index in [0.717, 1.165) is 11.1 Å². The Labute approximate surface area is 236 Å². The van der Waals surface area contributed by atoms with Crippen LogP contribution in [0.25, 0.3) is 0 Å². The van der Waals surface area contributed by atoms with E-state index in [-0.39, 0.29) is 37.7 Å². The van der Waals surface area contributed by atoms with Gasteiger partial charge in [0.2, 0.25) is 11.8 Å². The molecule has 3 rings (SSSR count). The monoisotopic (exact) mass is 545 g/mol. The van der Waals surface area contributed by atoms with Gasteiger partial charge in [-0.05, 0) is 35.1 Å². The van der Waals surface area contributed by atoms with E-state index in [1.807, 2.05) is 99.6 Å². The number of hydrogen-bond donors (Lipinski definition) is 4. The average Bonchev–Trinajstić information content (AvgIpc) is 2.93. The molecule has 3 aromatic rings. The van der Waals surface area contributed by atoms with Gasteiger partial charge in [-0.15, -0.1) is 0 Å². The summed E-state index contributed by atoms with van der Waals surface area (Å²) in [4.78, 5) is 39.7. The summed E-state index contributed by atoms with van der Waals surface area (Å²) in [5, 5.41) is 27.0. The van der Waals surface area contributed by atoms with Crippen molar-refractivity contribution >= 4 is 23.6 Å². The van der Waals surface area contributed by atoms with Gasteiger partial charge in [-0.1, -0.05) is 99.6 Å². The van der Waals surface area contributed by atoms with Crippen molar-refractivity contribution < 1.29 is 24.6 Å². The summed E-state index contributed by atoms with van der Waals surface area (Å²) in [6, 6.07) is 26.7. The Kier molecular flexibility index (Phi) is 10.8. The molecule has 0 aliphatic heterocycles. The minimum Gasteiger partial charge on any atom is -0.465 e. The van der Waals surface area contributed by atoms with E-state index < -0.39 is 29.6 Å². The van der Waals surface area contributed by atoms with Gasteiger partial charge in [0, 0.05) is 25.2 Å². The van der Waals surface area contributed by atoms with Crippen LogP contribution in [0, 0.1) is 11.3 Å². The number of para-hydroxylation sites is 1. The molecule has 0 bridgehead atoms. The topological polar surface area (TPSA) is 119 Å². The molecule has 0 fully saturated rings. The number of benzene rings is 3. The van der Waals surface area contributed by atoms with Crippen LogP contribution < -0.4 is 10.6 Å². The maximum Gasteiger partial charge on any atom is 0.407 e. The number of carbonyl (C=O) groups is 3. The first kappa shape index (κ1) is 30.4. The molecule has 3 aromatic carbocycles. The highest BCUT2D eigenvalue weighted by Crippen LogP contribution is 2.29. The molecular weight excluding hydrogens is 506 g/mol. The lowest BCUT2D eigenvalue weighted by atomic mass is 9.78. The van der Waals surface area contributed by atoms with Crippen molar-refractivity contribution in [2.45, 2.75) is 52.3 Å². The Morgan fingerprint density at radius 2 is 1.35 bits per heavy atom. The molecule has 8 nitrogen and oxygen atoms in total. The third-order valence-electron chi connectivity index (χ3n) is 6.87. The van der Waals surface area contributed by atoms with Crippen molar-refractivity contribution in [2.75, 3.05) is 11.9 Å². The molecule has 4 N–H and O–H groups in total. The molecule has 40 heavy (non-hydrogen) atoms. The number of rotatable bonds is 12. The Morgan fingerprint density at radius 3 is 1.88 bits per heavy atom. The second-order valence-electron chi connectivity index (χ2n) is 11.0. The van der Waals surface area contributed by atoms with E-state index in [2.05, 4.69) is 10.6 Å². The third-order valence-corrected chi connectivity index (χ3v) is 6.87. The van der Waals surface area contributed by atoms with Crippen LogP contribution in [0.2, 0.25) is 0 Å². The second-order valence-corrected chi connectivity index (χ2v) is 11.0. The lowest BCUT2D eigenvalue weighted by molar-refractivity contribution is -0.132. The van der Waals surface area contributed by atoms with E-state index >= 15 is 0 Å². The van der Waals surface area contributed by atoms with Gasteiger partial charge in [0.25, 0.3) is 0 Å². The van der Waals surface area contributed by atoms with E-state index in [1.54, 1.807) is 12.1 Å². The normalized spacial score (nSPS) is 13.5. The molecule has 212 valence electrons. The van der Waals surface area contributed by atoms with E-state index in [9.17, 15) is 24.6 Å². The molecule has 0 radical (unpaired) electrons. The molecule has 0 aliphatic carbocycles. The minimum atomic E-state index is -1.19. The van der Waals surface area contributed by atoms with Crippen LogP contribution in [0.1, 0.15) is 38.3 Å². The van der Waals surface area contributed by atoms with Crippen LogP contribution in [-0.2, 0) is 22.6 Å². The molecule has 0 saturated carbocycles. The molecule has 3 atom stereocenters. The zero-order valence-electron chi connectivity index (χ0n) is 23.3. The third kappa shape index (κ3) is 9.24. The van der Waals surface area contributed by atoms with E-state index in [4.69, 9.17) is 0 Å². The van der Waals surface area contributed by atoms with Crippen LogP contribution in [0.5, 0.6) is 0 Å². The quantitative estimate of drug-likeness (QED) is 0.257. The molecule has 0 unspecified atom stereocenters. The van der Waals surface area contributed by atoms with Crippen molar-refractivity contribution in [3.63, 3.8) is 0 Å². The molecule has 0 saturated heterocycles. The van der Waals surface area contributed by atoms with Crippen molar-refractivity contribution in [3.05, 3.63) is 102 Å². The second kappa shape index (κ2) is 14.3.